The SMILES string of the molecule is c1ccc2c(c1)oc1cc(Nc3ccc(-c4ccnc5c4oc4ccccc45)cc3)ccc12. The molecule has 3 heterocycles. The number of aromatic nitrogens is 1. The lowest BCUT2D eigenvalue weighted by Crippen LogP contribution is -1.90. The standard InChI is InChI=1S/C29H18N2O2/c1-3-7-25-22(5-1)23-14-13-20(17-27(23)32-25)31-19-11-9-18(10-12-19)21-15-16-30-28-24-6-2-4-8-26(24)33-29(21)28/h1-17,31H. The molecule has 4 nitrogen and oxygen atoms in total. The lowest BCUT2D eigenvalue weighted by atomic mass is 10.0. The smallest absolute Gasteiger partial charge is 0.161 e. The predicted octanol–water partition coefficient (Wildman–Crippen LogP) is 8.29. The average Bonchev–Trinajstić information content (AvgIpc) is 3.42. The Bertz CT molecular complexity index is 1790. The quantitative estimate of drug-likeness (QED) is 0.309. The summed E-state index contributed by atoms with van der Waals surface area (Å²) in [4.78, 5) is 4.55. The number of hydrogen-bond acceptors (Lipinski definition) is 4. The van der Waals surface area contributed by atoms with Gasteiger partial charge in [-0.1, -0.05) is 42.5 Å². The second-order valence-electron chi connectivity index (χ2n) is 8.15. The Labute approximate surface area is 189 Å². The van der Waals surface area contributed by atoms with Gasteiger partial charge in [-0.2, -0.15) is 0 Å². The van der Waals surface area contributed by atoms with Gasteiger partial charge in [0.25, 0.3) is 0 Å². The summed E-state index contributed by atoms with van der Waals surface area (Å²) in [6.07, 6.45) is 1.84. The van der Waals surface area contributed by atoms with Gasteiger partial charge >= 0.3 is 0 Å². The van der Waals surface area contributed by atoms with Gasteiger partial charge in [0.1, 0.15) is 22.3 Å². The predicted molar refractivity (Wildman–Crippen MR) is 134 cm³/mol. The van der Waals surface area contributed by atoms with Crippen molar-refractivity contribution >= 4 is 55.4 Å². The van der Waals surface area contributed by atoms with E-state index < -0.39 is 0 Å². The molecule has 0 atom stereocenters. The summed E-state index contributed by atoms with van der Waals surface area (Å²) in [6.45, 7) is 0. The fourth-order valence-electron chi connectivity index (χ4n) is 4.54. The van der Waals surface area contributed by atoms with E-state index in [-0.39, 0.29) is 0 Å². The molecule has 0 amide bonds. The maximum atomic E-state index is 6.14. The topological polar surface area (TPSA) is 51.2 Å². The van der Waals surface area contributed by atoms with E-state index in [1.54, 1.807) is 0 Å². The van der Waals surface area contributed by atoms with Gasteiger partial charge in [0.15, 0.2) is 5.58 Å². The van der Waals surface area contributed by atoms with Crippen molar-refractivity contribution in [3.8, 4) is 11.1 Å². The van der Waals surface area contributed by atoms with E-state index in [2.05, 4.69) is 52.8 Å². The van der Waals surface area contributed by atoms with Crippen LogP contribution in [0.2, 0.25) is 0 Å². The number of para-hydroxylation sites is 2. The first-order valence-electron chi connectivity index (χ1n) is 10.9. The Balaban J connectivity index is 1.23. The molecule has 156 valence electrons. The lowest BCUT2D eigenvalue weighted by Gasteiger charge is -2.08. The molecule has 0 aliphatic rings. The van der Waals surface area contributed by atoms with Crippen molar-refractivity contribution in [3.63, 3.8) is 0 Å². The Morgan fingerprint density at radius 1 is 0.576 bits per heavy atom. The number of anilines is 2. The first-order chi connectivity index (χ1) is 16.3. The van der Waals surface area contributed by atoms with E-state index in [1.165, 1.54) is 0 Å². The molecule has 0 aliphatic carbocycles. The molecule has 3 aromatic heterocycles. The molecular weight excluding hydrogens is 408 g/mol. The van der Waals surface area contributed by atoms with Crippen molar-refractivity contribution in [1.82, 2.24) is 4.98 Å². The first-order valence-corrected chi connectivity index (χ1v) is 10.9. The van der Waals surface area contributed by atoms with Crippen LogP contribution in [-0.2, 0) is 0 Å². The van der Waals surface area contributed by atoms with Crippen LogP contribution in [0.3, 0.4) is 0 Å². The summed E-state index contributed by atoms with van der Waals surface area (Å²) < 4.78 is 12.2. The average molecular weight is 426 g/mol. The van der Waals surface area contributed by atoms with Gasteiger partial charge in [-0.3, -0.25) is 4.98 Å². The van der Waals surface area contributed by atoms with Gasteiger partial charge < -0.3 is 14.2 Å². The van der Waals surface area contributed by atoms with Crippen LogP contribution < -0.4 is 5.32 Å². The molecular formula is C29H18N2O2. The Morgan fingerprint density at radius 2 is 1.27 bits per heavy atom. The van der Waals surface area contributed by atoms with Crippen molar-refractivity contribution in [3.05, 3.63) is 103 Å². The minimum Gasteiger partial charge on any atom is -0.456 e. The van der Waals surface area contributed by atoms with Gasteiger partial charge in [0.2, 0.25) is 0 Å². The van der Waals surface area contributed by atoms with E-state index in [0.717, 1.165) is 66.5 Å². The van der Waals surface area contributed by atoms with Gasteiger partial charge in [-0.05, 0) is 54.1 Å². The number of pyridine rings is 1. The molecule has 7 rings (SSSR count). The van der Waals surface area contributed by atoms with Crippen molar-refractivity contribution in [1.29, 1.82) is 0 Å². The van der Waals surface area contributed by atoms with E-state index >= 15 is 0 Å². The van der Waals surface area contributed by atoms with Gasteiger partial charge in [0, 0.05) is 45.4 Å². The molecule has 0 bridgehead atoms. The number of nitrogens with one attached hydrogen (secondary N) is 1. The van der Waals surface area contributed by atoms with Crippen molar-refractivity contribution in [2.24, 2.45) is 0 Å². The third-order valence-corrected chi connectivity index (χ3v) is 6.12. The van der Waals surface area contributed by atoms with Crippen LogP contribution in [0.5, 0.6) is 0 Å². The normalized spacial score (nSPS) is 11.6. The number of benzene rings is 4. The number of nitrogens with zero attached hydrogens (tertiary/aromatic N) is 1. The Morgan fingerprint density at radius 3 is 2.12 bits per heavy atom. The second kappa shape index (κ2) is 6.97. The molecule has 0 spiro atoms. The molecule has 0 saturated carbocycles. The number of hydrogen-bond donors (Lipinski definition) is 1. The van der Waals surface area contributed by atoms with Crippen LogP contribution in [0.1, 0.15) is 0 Å². The molecule has 0 unspecified atom stereocenters. The second-order valence-corrected chi connectivity index (χ2v) is 8.15. The monoisotopic (exact) mass is 426 g/mol. The Hall–Kier alpha value is -4.57. The van der Waals surface area contributed by atoms with Crippen molar-refractivity contribution < 1.29 is 8.83 Å². The maximum absolute atomic E-state index is 6.14. The molecule has 7 aromatic rings. The van der Waals surface area contributed by atoms with Gasteiger partial charge in [-0.15, -0.1) is 0 Å². The summed E-state index contributed by atoms with van der Waals surface area (Å²) in [5.41, 5.74) is 8.45. The highest BCUT2D eigenvalue weighted by Crippen LogP contribution is 2.35. The van der Waals surface area contributed by atoms with Crippen LogP contribution >= 0.6 is 0 Å². The minimum atomic E-state index is 0.815. The highest BCUT2D eigenvalue weighted by molar-refractivity contribution is 6.07. The summed E-state index contributed by atoms with van der Waals surface area (Å²) in [7, 11) is 0. The molecule has 4 heteroatoms. The zero-order chi connectivity index (χ0) is 21.8. The van der Waals surface area contributed by atoms with Crippen LogP contribution in [0.15, 0.2) is 112 Å². The summed E-state index contributed by atoms with van der Waals surface area (Å²) in [5.74, 6) is 0. The molecule has 0 saturated heterocycles. The maximum Gasteiger partial charge on any atom is 0.161 e. The van der Waals surface area contributed by atoms with Gasteiger partial charge in [0.05, 0.1) is 0 Å². The molecule has 0 fully saturated rings. The highest BCUT2D eigenvalue weighted by Gasteiger charge is 2.13. The van der Waals surface area contributed by atoms with E-state index in [0.29, 0.717) is 0 Å². The van der Waals surface area contributed by atoms with Crippen LogP contribution in [0.4, 0.5) is 11.4 Å². The summed E-state index contributed by atoms with van der Waals surface area (Å²) in [5, 5.41) is 6.78. The van der Waals surface area contributed by atoms with Crippen molar-refractivity contribution in [2.75, 3.05) is 5.32 Å². The van der Waals surface area contributed by atoms with Gasteiger partial charge in [-0.25, -0.2) is 0 Å². The largest absolute Gasteiger partial charge is 0.456 e. The number of fused-ring (bicyclic) bond motifs is 6. The summed E-state index contributed by atoms with van der Waals surface area (Å²) in [6, 6.07) is 32.7. The van der Waals surface area contributed by atoms with E-state index in [4.69, 9.17) is 8.83 Å². The number of furan rings is 2. The number of rotatable bonds is 3. The van der Waals surface area contributed by atoms with Crippen LogP contribution in [0, 0.1) is 0 Å². The van der Waals surface area contributed by atoms with Crippen molar-refractivity contribution in [2.45, 2.75) is 0 Å². The van der Waals surface area contributed by atoms with Crippen LogP contribution in [0.25, 0.3) is 55.1 Å². The third-order valence-electron chi connectivity index (χ3n) is 6.12. The third kappa shape index (κ3) is 2.88. The zero-order valence-corrected chi connectivity index (χ0v) is 17.6. The molecule has 0 radical (unpaired) electrons. The Kier molecular flexibility index (Phi) is 3.81. The molecule has 0 aliphatic heterocycles. The van der Waals surface area contributed by atoms with E-state index in [1.807, 2.05) is 60.8 Å². The lowest BCUT2D eigenvalue weighted by molar-refractivity contribution is 0.669. The first kappa shape index (κ1) is 18.0. The zero-order valence-electron chi connectivity index (χ0n) is 17.6. The molecule has 1 N–H and O–H groups in total. The highest BCUT2D eigenvalue weighted by atomic mass is 16.3. The summed E-state index contributed by atoms with van der Waals surface area (Å²) >= 11 is 0. The van der Waals surface area contributed by atoms with E-state index in [9.17, 15) is 0 Å². The molecule has 4 aromatic carbocycles. The fourth-order valence-corrected chi connectivity index (χ4v) is 4.54. The minimum absolute atomic E-state index is 0.815. The van der Waals surface area contributed by atoms with Crippen LogP contribution in [-0.4, -0.2) is 4.98 Å². The molecule has 33 heavy (non-hydrogen) atoms. The fraction of sp³-hybridized carbons (Fsp3) is 0.